The van der Waals surface area contributed by atoms with Gasteiger partial charge in [0.1, 0.15) is 18.8 Å². The Kier molecular flexibility index (Phi) is 5.79. The number of carbonyl (C=O) groups excluding carboxylic acids is 1. The minimum atomic E-state index is -3.65. The molecule has 0 aromatic heterocycles. The molecule has 1 heterocycles. The molecule has 0 unspecified atom stereocenters. The third kappa shape index (κ3) is 4.56. The number of nitrogens with zero attached hydrogens (tertiary/aromatic N) is 1. The van der Waals surface area contributed by atoms with Gasteiger partial charge >= 0.3 is 0 Å². The van der Waals surface area contributed by atoms with Crippen LogP contribution in [0.4, 0.5) is 5.69 Å². The van der Waals surface area contributed by atoms with E-state index < -0.39 is 22.0 Å². The first-order chi connectivity index (χ1) is 13.3. The molecule has 1 amide bonds. The van der Waals surface area contributed by atoms with Gasteiger partial charge in [0.15, 0.2) is 11.5 Å². The number of rotatable bonds is 6. The van der Waals surface area contributed by atoms with E-state index in [4.69, 9.17) is 9.47 Å². The zero-order valence-corrected chi connectivity index (χ0v) is 16.9. The lowest BCUT2D eigenvalue weighted by Gasteiger charge is -2.30. The second-order valence-corrected chi connectivity index (χ2v) is 8.68. The SMILES string of the molecule is Cc1cccc(N([C@@H](C)C(=O)NC[C@H]2COc3ccccc3O2)S(C)(=O)=O)c1. The Morgan fingerprint density at radius 3 is 2.61 bits per heavy atom. The molecule has 150 valence electrons. The molecule has 2 atom stereocenters. The van der Waals surface area contributed by atoms with Crippen LogP contribution in [0.5, 0.6) is 11.5 Å². The van der Waals surface area contributed by atoms with Crippen LogP contribution in [0.15, 0.2) is 48.5 Å². The highest BCUT2D eigenvalue weighted by molar-refractivity contribution is 7.92. The van der Waals surface area contributed by atoms with Crippen LogP contribution in [0.1, 0.15) is 12.5 Å². The average Bonchev–Trinajstić information content (AvgIpc) is 2.65. The first kappa shape index (κ1) is 20.0. The standard InChI is InChI=1S/C20H24N2O5S/c1-14-7-6-8-16(11-14)22(28(3,24)25)15(2)20(23)21-12-17-13-26-18-9-4-5-10-19(18)27-17/h4-11,15,17H,12-13H2,1-3H3,(H,21,23)/t15-,17-/m0/s1. The summed E-state index contributed by atoms with van der Waals surface area (Å²) in [5.74, 6) is 0.883. The maximum absolute atomic E-state index is 12.7. The number of sulfonamides is 1. The fourth-order valence-corrected chi connectivity index (χ4v) is 4.27. The van der Waals surface area contributed by atoms with Crippen molar-refractivity contribution in [1.29, 1.82) is 0 Å². The van der Waals surface area contributed by atoms with Gasteiger partial charge in [0, 0.05) is 0 Å². The first-order valence-corrected chi connectivity index (χ1v) is 10.8. The van der Waals surface area contributed by atoms with Crippen LogP contribution in [0.3, 0.4) is 0 Å². The van der Waals surface area contributed by atoms with Crippen LogP contribution in [0.25, 0.3) is 0 Å². The summed E-state index contributed by atoms with van der Waals surface area (Å²) in [6, 6.07) is 13.5. The fourth-order valence-electron chi connectivity index (χ4n) is 3.10. The number of hydrogen-bond donors (Lipinski definition) is 1. The van der Waals surface area contributed by atoms with Crippen molar-refractivity contribution in [1.82, 2.24) is 5.32 Å². The lowest BCUT2D eigenvalue weighted by molar-refractivity contribution is -0.122. The zero-order chi connectivity index (χ0) is 20.3. The molecule has 1 aliphatic rings. The molecule has 0 saturated carbocycles. The Morgan fingerprint density at radius 2 is 1.93 bits per heavy atom. The molecule has 28 heavy (non-hydrogen) atoms. The van der Waals surface area contributed by atoms with Crippen molar-refractivity contribution >= 4 is 21.6 Å². The van der Waals surface area contributed by atoms with Gasteiger partial charge in [-0.3, -0.25) is 9.10 Å². The van der Waals surface area contributed by atoms with Crippen molar-refractivity contribution in [3.63, 3.8) is 0 Å². The Morgan fingerprint density at radius 1 is 1.21 bits per heavy atom. The molecule has 0 bridgehead atoms. The molecule has 8 heteroatoms. The van der Waals surface area contributed by atoms with Crippen molar-refractivity contribution in [3.8, 4) is 11.5 Å². The molecule has 0 aliphatic carbocycles. The Labute approximate surface area is 165 Å². The van der Waals surface area contributed by atoms with Gasteiger partial charge in [-0.25, -0.2) is 8.42 Å². The van der Waals surface area contributed by atoms with Gasteiger partial charge in [0.2, 0.25) is 15.9 Å². The average molecular weight is 404 g/mol. The highest BCUT2D eigenvalue weighted by atomic mass is 32.2. The van der Waals surface area contributed by atoms with Gasteiger partial charge in [0.25, 0.3) is 0 Å². The predicted molar refractivity (Wildman–Crippen MR) is 107 cm³/mol. The number of amides is 1. The molecule has 3 rings (SSSR count). The van der Waals surface area contributed by atoms with E-state index in [-0.39, 0.29) is 12.6 Å². The molecule has 0 spiro atoms. The monoisotopic (exact) mass is 404 g/mol. The number of para-hydroxylation sites is 2. The summed E-state index contributed by atoms with van der Waals surface area (Å²) < 4.78 is 37.2. The number of carbonyl (C=O) groups is 1. The number of benzene rings is 2. The van der Waals surface area contributed by atoms with Gasteiger partial charge in [0.05, 0.1) is 18.5 Å². The first-order valence-electron chi connectivity index (χ1n) is 8.98. The molecule has 1 aliphatic heterocycles. The number of aryl methyl sites for hydroxylation is 1. The van der Waals surface area contributed by atoms with Crippen LogP contribution < -0.4 is 19.1 Å². The van der Waals surface area contributed by atoms with Gasteiger partial charge in [-0.05, 0) is 43.7 Å². The summed E-state index contributed by atoms with van der Waals surface area (Å²) in [6.07, 6.45) is 0.741. The number of hydrogen-bond acceptors (Lipinski definition) is 5. The van der Waals surface area contributed by atoms with Gasteiger partial charge < -0.3 is 14.8 Å². The molecule has 7 nitrogen and oxygen atoms in total. The Hall–Kier alpha value is -2.74. The Bertz CT molecular complexity index is 961. The van der Waals surface area contributed by atoms with Crippen molar-refractivity contribution in [2.75, 3.05) is 23.7 Å². The van der Waals surface area contributed by atoms with Crippen molar-refractivity contribution in [2.45, 2.75) is 26.0 Å². The van der Waals surface area contributed by atoms with Gasteiger partial charge in [-0.1, -0.05) is 24.3 Å². The molecule has 0 fully saturated rings. The lowest BCUT2D eigenvalue weighted by atomic mass is 10.2. The smallest absolute Gasteiger partial charge is 0.243 e. The summed E-state index contributed by atoms with van der Waals surface area (Å²) in [6.45, 7) is 3.95. The van der Waals surface area contributed by atoms with Crippen LogP contribution in [0.2, 0.25) is 0 Å². The van der Waals surface area contributed by atoms with Crippen molar-refractivity contribution < 1.29 is 22.7 Å². The van der Waals surface area contributed by atoms with E-state index in [1.807, 2.05) is 31.2 Å². The van der Waals surface area contributed by atoms with E-state index in [1.54, 1.807) is 31.2 Å². The lowest BCUT2D eigenvalue weighted by Crippen LogP contribution is -2.50. The zero-order valence-electron chi connectivity index (χ0n) is 16.1. The summed E-state index contributed by atoms with van der Waals surface area (Å²) >= 11 is 0. The molecular weight excluding hydrogens is 380 g/mol. The van der Waals surface area contributed by atoms with Gasteiger partial charge in [-0.15, -0.1) is 0 Å². The predicted octanol–water partition coefficient (Wildman–Crippen LogP) is 2.11. The molecule has 0 saturated heterocycles. The fraction of sp³-hybridized carbons (Fsp3) is 0.350. The third-order valence-corrected chi connectivity index (χ3v) is 5.66. The van der Waals surface area contributed by atoms with E-state index >= 15 is 0 Å². The quantitative estimate of drug-likeness (QED) is 0.797. The maximum atomic E-state index is 12.7. The topological polar surface area (TPSA) is 84.9 Å². The van der Waals surface area contributed by atoms with E-state index in [9.17, 15) is 13.2 Å². The molecular formula is C20H24N2O5S. The minimum absolute atomic E-state index is 0.211. The summed E-state index contributed by atoms with van der Waals surface area (Å²) in [5.41, 5.74) is 1.36. The van der Waals surface area contributed by atoms with Gasteiger partial charge in [-0.2, -0.15) is 0 Å². The summed E-state index contributed by atoms with van der Waals surface area (Å²) in [4.78, 5) is 12.7. The van der Waals surface area contributed by atoms with E-state index in [0.717, 1.165) is 16.1 Å². The highest BCUT2D eigenvalue weighted by Gasteiger charge is 2.30. The molecule has 1 N–H and O–H groups in total. The normalized spacial score (nSPS) is 16.9. The van der Waals surface area contributed by atoms with Crippen LogP contribution in [0, 0.1) is 6.92 Å². The number of anilines is 1. The van der Waals surface area contributed by atoms with Crippen LogP contribution >= 0.6 is 0 Å². The number of fused-ring (bicyclic) bond motifs is 1. The Balaban J connectivity index is 1.67. The van der Waals surface area contributed by atoms with Crippen molar-refractivity contribution in [3.05, 3.63) is 54.1 Å². The summed E-state index contributed by atoms with van der Waals surface area (Å²) in [7, 11) is -3.65. The number of ether oxygens (including phenoxy) is 2. The number of nitrogens with one attached hydrogen (secondary N) is 1. The summed E-state index contributed by atoms with van der Waals surface area (Å²) in [5, 5.41) is 2.77. The van der Waals surface area contributed by atoms with Crippen LogP contribution in [-0.4, -0.2) is 45.9 Å². The third-order valence-electron chi connectivity index (χ3n) is 4.42. The molecule has 0 radical (unpaired) electrons. The second-order valence-electron chi connectivity index (χ2n) is 6.82. The van der Waals surface area contributed by atoms with E-state index in [1.165, 1.54) is 0 Å². The van der Waals surface area contributed by atoms with E-state index in [0.29, 0.717) is 23.8 Å². The van der Waals surface area contributed by atoms with E-state index in [2.05, 4.69) is 5.32 Å². The maximum Gasteiger partial charge on any atom is 0.243 e. The van der Waals surface area contributed by atoms with Crippen molar-refractivity contribution in [2.24, 2.45) is 0 Å². The second kappa shape index (κ2) is 8.10. The highest BCUT2D eigenvalue weighted by Crippen LogP contribution is 2.30. The molecule has 2 aromatic carbocycles. The largest absolute Gasteiger partial charge is 0.486 e. The molecule has 2 aromatic rings. The van der Waals surface area contributed by atoms with Crippen LogP contribution in [-0.2, 0) is 14.8 Å². The minimum Gasteiger partial charge on any atom is -0.486 e.